The van der Waals surface area contributed by atoms with E-state index >= 15 is 0 Å². The molecule has 1 heterocycles. The summed E-state index contributed by atoms with van der Waals surface area (Å²) in [5, 5.41) is 3.78. The van der Waals surface area contributed by atoms with E-state index in [-0.39, 0.29) is 0 Å². The molecule has 1 aliphatic carbocycles. The third kappa shape index (κ3) is 4.55. The first-order valence-corrected chi connectivity index (χ1v) is 8.23. The van der Waals surface area contributed by atoms with E-state index in [2.05, 4.69) is 24.1 Å². The van der Waals surface area contributed by atoms with Gasteiger partial charge in [-0.15, -0.1) is 0 Å². The molecule has 0 aromatic heterocycles. The molecule has 0 aromatic rings. The SMILES string of the molecule is CC(C)CCNC1CCCN(C2CCCCC2)C1. The smallest absolute Gasteiger partial charge is 0.0195 e. The number of nitrogens with one attached hydrogen (secondary N) is 1. The van der Waals surface area contributed by atoms with Gasteiger partial charge >= 0.3 is 0 Å². The van der Waals surface area contributed by atoms with Crippen molar-refractivity contribution in [3.8, 4) is 0 Å². The molecule has 2 aliphatic rings. The van der Waals surface area contributed by atoms with Gasteiger partial charge in [-0.2, -0.15) is 0 Å². The van der Waals surface area contributed by atoms with Gasteiger partial charge < -0.3 is 5.32 Å². The fraction of sp³-hybridized carbons (Fsp3) is 1.00. The van der Waals surface area contributed by atoms with E-state index in [4.69, 9.17) is 0 Å². The molecule has 2 heteroatoms. The van der Waals surface area contributed by atoms with Crippen LogP contribution in [0.25, 0.3) is 0 Å². The highest BCUT2D eigenvalue weighted by Crippen LogP contribution is 2.25. The minimum Gasteiger partial charge on any atom is -0.313 e. The standard InChI is InChI=1S/C16H32N2/c1-14(2)10-11-17-15-7-6-12-18(13-15)16-8-4-3-5-9-16/h14-17H,3-13H2,1-2H3. The summed E-state index contributed by atoms with van der Waals surface area (Å²) < 4.78 is 0. The molecule has 0 amide bonds. The zero-order chi connectivity index (χ0) is 12.8. The molecular formula is C16H32N2. The van der Waals surface area contributed by atoms with E-state index in [0.717, 1.165) is 18.0 Å². The fourth-order valence-corrected chi connectivity index (χ4v) is 3.53. The monoisotopic (exact) mass is 252 g/mol. The van der Waals surface area contributed by atoms with Crippen molar-refractivity contribution in [1.29, 1.82) is 0 Å². The minimum atomic E-state index is 0.763. The maximum absolute atomic E-state index is 3.78. The maximum atomic E-state index is 3.78. The highest BCUT2D eigenvalue weighted by molar-refractivity contribution is 4.84. The number of likely N-dealkylation sites (tertiary alicyclic amines) is 1. The van der Waals surface area contributed by atoms with Crippen LogP contribution in [-0.4, -0.2) is 36.6 Å². The quantitative estimate of drug-likeness (QED) is 0.806. The average molecular weight is 252 g/mol. The number of hydrogen-bond acceptors (Lipinski definition) is 2. The van der Waals surface area contributed by atoms with Gasteiger partial charge in [0.15, 0.2) is 0 Å². The molecule has 0 bridgehead atoms. The highest BCUT2D eigenvalue weighted by atomic mass is 15.2. The summed E-state index contributed by atoms with van der Waals surface area (Å²) in [5.41, 5.74) is 0. The number of hydrogen-bond donors (Lipinski definition) is 1. The Kier molecular flexibility index (Phi) is 5.97. The first kappa shape index (κ1) is 14.3. The molecule has 0 radical (unpaired) electrons. The molecular weight excluding hydrogens is 220 g/mol. The van der Waals surface area contributed by atoms with Gasteiger partial charge in [0.05, 0.1) is 0 Å². The lowest BCUT2D eigenvalue weighted by molar-refractivity contribution is 0.110. The normalized spacial score (nSPS) is 27.8. The van der Waals surface area contributed by atoms with Gasteiger partial charge in [0.25, 0.3) is 0 Å². The summed E-state index contributed by atoms with van der Waals surface area (Å²) in [6.07, 6.45) is 11.4. The Bertz CT molecular complexity index is 221. The number of piperidine rings is 1. The van der Waals surface area contributed by atoms with Crippen molar-refractivity contribution in [2.45, 2.75) is 77.3 Å². The molecule has 2 rings (SSSR count). The van der Waals surface area contributed by atoms with Gasteiger partial charge in [0, 0.05) is 18.6 Å². The van der Waals surface area contributed by atoms with E-state index < -0.39 is 0 Å². The number of rotatable bonds is 5. The van der Waals surface area contributed by atoms with Crippen LogP contribution in [0.1, 0.15) is 65.2 Å². The van der Waals surface area contributed by atoms with Crippen LogP contribution in [0.15, 0.2) is 0 Å². The van der Waals surface area contributed by atoms with Gasteiger partial charge in [0.2, 0.25) is 0 Å². The summed E-state index contributed by atoms with van der Waals surface area (Å²) in [5.74, 6) is 0.829. The third-order valence-electron chi connectivity index (χ3n) is 4.70. The number of nitrogens with zero attached hydrogens (tertiary/aromatic N) is 1. The Hall–Kier alpha value is -0.0800. The van der Waals surface area contributed by atoms with Crippen LogP contribution >= 0.6 is 0 Å². The third-order valence-corrected chi connectivity index (χ3v) is 4.70. The molecule has 1 unspecified atom stereocenters. The van der Waals surface area contributed by atoms with Crippen LogP contribution in [-0.2, 0) is 0 Å². The Morgan fingerprint density at radius 2 is 1.83 bits per heavy atom. The second-order valence-electron chi connectivity index (χ2n) is 6.76. The molecule has 2 nitrogen and oxygen atoms in total. The Morgan fingerprint density at radius 1 is 1.06 bits per heavy atom. The summed E-state index contributed by atoms with van der Waals surface area (Å²) in [6, 6.07) is 1.67. The predicted molar refractivity (Wildman–Crippen MR) is 78.9 cm³/mol. The molecule has 1 saturated carbocycles. The molecule has 1 atom stereocenters. The predicted octanol–water partition coefficient (Wildman–Crippen LogP) is 3.42. The Morgan fingerprint density at radius 3 is 2.56 bits per heavy atom. The molecule has 0 aromatic carbocycles. The second kappa shape index (κ2) is 7.49. The van der Waals surface area contributed by atoms with Crippen molar-refractivity contribution < 1.29 is 0 Å². The van der Waals surface area contributed by atoms with Gasteiger partial charge in [-0.05, 0) is 51.1 Å². The van der Waals surface area contributed by atoms with E-state index in [1.165, 1.54) is 71.0 Å². The molecule has 0 spiro atoms. The second-order valence-corrected chi connectivity index (χ2v) is 6.76. The molecule has 2 fully saturated rings. The minimum absolute atomic E-state index is 0.763. The topological polar surface area (TPSA) is 15.3 Å². The zero-order valence-electron chi connectivity index (χ0n) is 12.5. The molecule has 1 aliphatic heterocycles. The van der Waals surface area contributed by atoms with Gasteiger partial charge in [0.1, 0.15) is 0 Å². The lowest BCUT2D eigenvalue weighted by atomic mass is 9.92. The largest absolute Gasteiger partial charge is 0.313 e. The van der Waals surface area contributed by atoms with E-state index in [9.17, 15) is 0 Å². The first-order chi connectivity index (χ1) is 8.75. The highest BCUT2D eigenvalue weighted by Gasteiger charge is 2.26. The lowest BCUT2D eigenvalue weighted by Gasteiger charge is -2.40. The molecule has 1 N–H and O–H groups in total. The Balaban J connectivity index is 1.70. The van der Waals surface area contributed by atoms with Crippen molar-refractivity contribution in [3.05, 3.63) is 0 Å². The van der Waals surface area contributed by atoms with Crippen LogP contribution in [0.5, 0.6) is 0 Å². The van der Waals surface area contributed by atoms with Crippen LogP contribution in [0, 0.1) is 5.92 Å². The van der Waals surface area contributed by atoms with E-state index in [0.29, 0.717) is 0 Å². The Labute approximate surface area is 114 Å². The average Bonchev–Trinajstić information content (AvgIpc) is 2.40. The maximum Gasteiger partial charge on any atom is 0.0195 e. The van der Waals surface area contributed by atoms with Gasteiger partial charge in [-0.1, -0.05) is 33.1 Å². The van der Waals surface area contributed by atoms with Crippen molar-refractivity contribution >= 4 is 0 Å². The van der Waals surface area contributed by atoms with Crippen LogP contribution in [0.2, 0.25) is 0 Å². The van der Waals surface area contributed by atoms with E-state index in [1.54, 1.807) is 0 Å². The van der Waals surface area contributed by atoms with E-state index in [1.807, 2.05) is 0 Å². The van der Waals surface area contributed by atoms with Crippen molar-refractivity contribution in [3.63, 3.8) is 0 Å². The summed E-state index contributed by atoms with van der Waals surface area (Å²) in [4.78, 5) is 2.79. The van der Waals surface area contributed by atoms with Gasteiger partial charge in [-0.3, -0.25) is 4.90 Å². The van der Waals surface area contributed by atoms with Crippen LogP contribution in [0.4, 0.5) is 0 Å². The van der Waals surface area contributed by atoms with Gasteiger partial charge in [-0.25, -0.2) is 0 Å². The summed E-state index contributed by atoms with van der Waals surface area (Å²) in [6.45, 7) is 8.50. The summed E-state index contributed by atoms with van der Waals surface area (Å²) >= 11 is 0. The van der Waals surface area contributed by atoms with Crippen LogP contribution < -0.4 is 5.32 Å². The zero-order valence-corrected chi connectivity index (χ0v) is 12.5. The van der Waals surface area contributed by atoms with Crippen molar-refractivity contribution in [2.24, 2.45) is 5.92 Å². The molecule has 106 valence electrons. The first-order valence-electron chi connectivity index (χ1n) is 8.23. The van der Waals surface area contributed by atoms with Crippen molar-refractivity contribution in [1.82, 2.24) is 10.2 Å². The van der Waals surface area contributed by atoms with Crippen molar-refractivity contribution in [2.75, 3.05) is 19.6 Å². The fourth-order valence-electron chi connectivity index (χ4n) is 3.53. The molecule has 1 saturated heterocycles. The molecule has 18 heavy (non-hydrogen) atoms. The lowest BCUT2D eigenvalue weighted by Crippen LogP contribution is -2.50. The summed E-state index contributed by atoms with van der Waals surface area (Å²) in [7, 11) is 0. The van der Waals surface area contributed by atoms with Crippen LogP contribution in [0.3, 0.4) is 0 Å².